The van der Waals surface area contributed by atoms with Gasteiger partial charge in [-0.05, 0) is 30.0 Å². The van der Waals surface area contributed by atoms with Gasteiger partial charge in [-0.1, -0.05) is 60.7 Å². The number of nitrogens with zero attached hydrogens (tertiary/aromatic N) is 3. The fourth-order valence-electron chi connectivity index (χ4n) is 2.82. The molecule has 3 rings (SSSR count). The first-order valence-electron chi connectivity index (χ1n) is 9.12. The van der Waals surface area contributed by atoms with Crippen LogP contribution in [0.4, 0.5) is 5.95 Å². The molecule has 0 saturated carbocycles. The van der Waals surface area contributed by atoms with E-state index in [2.05, 4.69) is 27.4 Å². The van der Waals surface area contributed by atoms with E-state index in [0.717, 1.165) is 24.9 Å². The standard InChI is InChI=1S/C22H24N4O/c1-26(17-19-11-6-3-7-12-19)21(27)20-14-16-24-22(25-20)23-15-8-13-18-9-4-2-5-10-18/h2-7,9-12,14,16H,8,13,15,17H2,1H3,(H,23,24,25). The van der Waals surface area contributed by atoms with Crippen molar-refractivity contribution < 1.29 is 4.79 Å². The number of aromatic nitrogens is 2. The summed E-state index contributed by atoms with van der Waals surface area (Å²) in [6.07, 6.45) is 3.59. The van der Waals surface area contributed by atoms with Crippen LogP contribution in [0, 0.1) is 0 Å². The lowest BCUT2D eigenvalue weighted by molar-refractivity contribution is 0.0779. The summed E-state index contributed by atoms with van der Waals surface area (Å²) in [7, 11) is 1.78. The average Bonchev–Trinajstić information content (AvgIpc) is 2.72. The van der Waals surface area contributed by atoms with E-state index in [-0.39, 0.29) is 5.91 Å². The van der Waals surface area contributed by atoms with Crippen LogP contribution in [0.15, 0.2) is 72.9 Å². The van der Waals surface area contributed by atoms with Gasteiger partial charge in [0, 0.05) is 26.3 Å². The first kappa shape index (κ1) is 18.6. The Morgan fingerprint density at radius 3 is 2.33 bits per heavy atom. The molecule has 0 aliphatic carbocycles. The van der Waals surface area contributed by atoms with Crippen molar-refractivity contribution >= 4 is 11.9 Å². The van der Waals surface area contributed by atoms with Gasteiger partial charge < -0.3 is 10.2 Å². The first-order chi connectivity index (χ1) is 13.2. The number of carbonyl (C=O) groups excluding carboxylic acids is 1. The molecule has 0 bridgehead atoms. The molecule has 1 heterocycles. The van der Waals surface area contributed by atoms with Crippen molar-refractivity contribution in [2.45, 2.75) is 19.4 Å². The average molecular weight is 360 g/mol. The Labute approximate surface area is 160 Å². The Kier molecular flexibility index (Phi) is 6.52. The van der Waals surface area contributed by atoms with Crippen LogP contribution in [0.1, 0.15) is 28.0 Å². The second-order valence-electron chi connectivity index (χ2n) is 6.43. The maximum atomic E-state index is 12.6. The van der Waals surface area contributed by atoms with Crippen LogP contribution < -0.4 is 5.32 Å². The van der Waals surface area contributed by atoms with Gasteiger partial charge in [-0.25, -0.2) is 9.97 Å². The van der Waals surface area contributed by atoms with E-state index < -0.39 is 0 Å². The van der Waals surface area contributed by atoms with Crippen molar-refractivity contribution in [3.63, 3.8) is 0 Å². The van der Waals surface area contributed by atoms with Crippen molar-refractivity contribution in [1.29, 1.82) is 0 Å². The Morgan fingerprint density at radius 2 is 1.63 bits per heavy atom. The summed E-state index contributed by atoms with van der Waals surface area (Å²) >= 11 is 0. The highest BCUT2D eigenvalue weighted by molar-refractivity contribution is 5.92. The molecule has 2 aromatic carbocycles. The number of anilines is 1. The number of carbonyl (C=O) groups is 1. The molecule has 1 N–H and O–H groups in total. The molecule has 138 valence electrons. The lowest BCUT2D eigenvalue weighted by Gasteiger charge is -2.17. The van der Waals surface area contributed by atoms with Crippen LogP contribution in [-0.2, 0) is 13.0 Å². The monoisotopic (exact) mass is 360 g/mol. The van der Waals surface area contributed by atoms with Gasteiger partial charge in [0.15, 0.2) is 0 Å². The van der Waals surface area contributed by atoms with E-state index >= 15 is 0 Å². The molecule has 5 heteroatoms. The maximum Gasteiger partial charge on any atom is 0.272 e. The van der Waals surface area contributed by atoms with Gasteiger partial charge in [0.2, 0.25) is 5.95 Å². The quantitative estimate of drug-likeness (QED) is 0.621. The zero-order chi connectivity index (χ0) is 18.9. The van der Waals surface area contributed by atoms with Crippen molar-refractivity contribution in [3.05, 3.63) is 89.7 Å². The summed E-state index contributed by atoms with van der Waals surface area (Å²) in [5.41, 5.74) is 2.79. The van der Waals surface area contributed by atoms with Gasteiger partial charge in [-0.15, -0.1) is 0 Å². The number of hydrogen-bond donors (Lipinski definition) is 1. The molecule has 5 nitrogen and oxygen atoms in total. The molecule has 27 heavy (non-hydrogen) atoms. The van der Waals surface area contributed by atoms with E-state index in [4.69, 9.17) is 0 Å². The SMILES string of the molecule is CN(Cc1ccccc1)C(=O)c1ccnc(NCCCc2ccccc2)n1. The Bertz CT molecular complexity index is 852. The molecule has 0 fully saturated rings. The topological polar surface area (TPSA) is 58.1 Å². The second-order valence-corrected chi connectivity index (χ2v) is 6.43. The zero-order valence-corrected chi connectivity index (χ0v) is 15.5. The van der Waals surface area contributed by atoms with E-state index in [1.165, 1.54) is 5.56 Å². The fraction of sp³-hybridized carbons (Fsp3) is 0.227. The van der Waals surface area contributed by atoms with Gasteiger partial charge in [-0.2, -0.15) is 0 Å². The minimum absolute atomic E-state index is 0.117. The van der Waals surface area contributed by atoms with Crippen LogP contribution in [0.3, 0.4) is 0 Å². The summed E-state index contributed by atoms with van der Waals surface area (Å²) in [4.78, 5) is 22.9. The molecule has 0 unspecified atom stereocenters. The summed E-state index contributed by atoms with van der Waals surface area (Å²) < 4.78 is 0. The molecular formula is C22H24N4O. The predicted molar refractivity (Wildman–Crippen MR) is 108 cm³/mol. The van der Waals surface area contributed by atoms with Gasteiger partial charge in [0.05, 0.1) is 0 Å². The molecule has 0 aliphatic rings. The van der Waals surface area contributed by atoms with Crippen molar-refractivity contribution in [1.82, 2.24) is 14.9 Å². The molecule has 0 radical (unpaired) electrons. The lowest BCUT2D eigenvalue weighted by Crippen LogP contribution is -2.27. The molecule has 3 aromatic rings. The van der Waals surface area contributed by atoms with Crippen molar-refractivity contribution in [2.24, 2.45) is 0 Å². The summed E-state index contributed by atoms with van der Waals surface area (Å²) in [5.74, 6) is 0.371. The Morgan fingerprint density at radius 1 is 0.963 bits per heavy atom. The van der Waals surface area contributed by atoms with E-state index in [0.29, 0.717) is 18.2 Å². The summed E-state index contributed by atoms with van der Waals surface area (Å²) in [6, 6.07) is 21.9. The van der Waals surface area contributed by atoms with Crippen LogP contribution in [-0.4, -0.2) is 34.4 Å². The minimum Gasteiger partial charge on any atom is -0.354 e. The molecule has 1 aromatic heterocycles. The van der Waals surface area contributed by atoms with E-state index in [1.54, 1.807) is 24.2 Å². The van der Waals surface area contributed by atoms with Crippen LogP contribution in [0.5, 0.6) is 0 Å². The highest BCUT2D eigenvalue weighted by Gasteiger charge is 2.14. The lowest BCUT2D eigenvalue weighted by atomic mass is 10.1. The van der Waals surface area contributed by atoms with Crippen LogP contribution in [0.2, 0.25) is 0 Å². The molecule has 0 saturated heterocycles. The van der Waals surface area contributed by atoms with Crippen molar-refractivity contribution in [3.8, 4) is 0 Å². The number of benzene rings is 2. The summed E-state index contributed by atoms with van der Waals surface area (Å²) in [6.45, 7) is 1.30. The largest absolute Gasteiger partial charge is 0.354 e. The first-order valence-corrected chi connectivity index (χ1v) is 9.12. The second kappa shape index (κ2) is 9.48. The van der Waals surface area contributed by atoms with Crippen LogP contribution in [0.25, 0.3) is 0 Å². The van der Waals surface area contributed by atoms with E-state index in [1.807, 2.05) is 48.5 Å². The fourth-order valence-corrected chi connectivity index (χ4v) is 2.82. The molecule has 1 amide bonds. The van der Waals surface area contributed by atoms with Crippen LogP contribution >= 0.6 is 0 Å². The predicted octanol–water partition coefficient (Wildman–Crippen LogP) is 3.79. The highest BCUT2D eigenvalue weighted by atomic mass is 16.2. The number of rotatable bonds is 8. The van der Waals surface area contributed by atoms with Gasteiger partial charge in [-0.3, -0.25) is 4.79 Å². The third-order valence-corrected chi connectivity index (χ3v) is 4.25. The third-order valence-electron chi connectivity index (χ3n) is 4.25. The van der Waals surface area contributed by atoms with Gasteiger partial charge in [0.25, 0.3) is 5.91 Å². The smallest absolute Gasteiger partial charge is 0.272 e. The number of hydrogen-bond acceptors (Lipinski definition) is 4. The van der Waals surface area contributed by atoms with E-state index in [9.17, 15) is 4.79 Å². The zero-order valence-electron chi connectivity index (χ0n) is 15.5. The number of aryl methyl sites for hydroxylation is 1. The van der Waals surface area contributed by atoms with Crippen molar-refractivity contribution in [2.75, 3.05) is 18.9 Å². The Balaban J connectivity index is 1.52. The maximum absolute atomic E-state index is 12.6. The molecule has 0 aliphatic heterocycles. The Hall–Kier alpha value is -3.21. The normalized spacial score (nSPS) is 10.4. The van der Waals surface area contributed by atoms with Gasteiger partial charge >= 0.3 is 0 Å². The minimum atomic E-state index is -0.117. The van der Waals surface area contributed by atoms with Gasteiger partial charge in [0.1, 0.15) is 5.69 Å². The third kappa shape index (κ3) is 5.64. The number of nitrogens with one attached hydrogen (secondary N) is 1. The highest BCUT2D eigenvalue weighted by Crippen LogP contribution is 2.09. The molecular weight excluding hydrogens is 336 g/mol. The molecule has 0 atom stereocenters. The molecule has 0 spiro atoms. The number of amides is 1. The summed E-state index contributed by atoms with van der Waals surface area (Å²) in [5, 5.41) is 3.21.